The van der Waals surface area contributed by atoms with Crippen molar-refractivity contribution in [2.45, 2.75) is 6.54 Å². The van der Waals surface area contributed by atoms with Crippen LogP contribution in [0.2, 0.25) is 5.02 Å². The summed E-state index contributed by atoms with van der Waals surface area (Å²) in [4.78, 5) is 25.5. The number of carbonyl (C=O) groups is 2. The molecule has 0 spiro atoms. The first-order chi connectivity index (χ1) is 11.9. The first kappa shape index (κ1) is 19.3. The molecule has 0 saturated heterocycles. The Morgan fingerprint density at radius 2 is 1.72 bits per heavy atom. The number of anilines is 1. The van der Waals surface area contributed by atoms with Crippen molar-refractivity contribution in [1.82, 2.24) is 4.90 Å². The number of benzene rings is 2. The Morgan fingerprint density at radius 3 is 2.36 bits per heavy atom. The minimum Gasteiger partial charge on any atom is -0.341 e. The molecule has 25 heavy (non-hydrogen) atoms. The molecule has 0 bridgehead atoms. The summed E-state index contributed by atoms with van der Waals surface area (Å²) in [5, 5.41) is 3.31. The van der Waals surface area contributed by atoms with Crippen molar-refractivity contribution in [3.63, 3.8) is 0 Å². The summed E-state index contributed by atoms with van der Waals surface area (Å²) >= 11 is 7.07. The van der Waals surface area contributed by atoms with Gasteiger partial charge in [0.1, 0.15) is 5.82 Å². The zero-order chi connectivity index (χ0) is 18.2. The summed E-state index contributed by atoms with van der Waals surface area (Å²) in [6.45, 7) is 0.484. The van der Waals surface area contributed by atoms with Gasteiger partial charge in [0.15, 0.2) is 0 Å². The van der Waals surface area contributed by atoms with Crippen LogP contribution in [-0.2, 0) is 16.1 Å². The third-order valence-corrected chi connectivity index (χ3v) is 4.51. The monoisotopic (exact) mass is 380 g/mol. The van der Waals surface area contributed by atoms with Crippen LogP contribution < -0.4 is 5.32 Å². The van der Waals surface area contributed by atoms with E-state index >= 15 is 0 Å². The lowest BCUT2D eigenvalue weighted by molar-refractivity contribution is -0.127. The van der Waals surface area contributed by atoms with Gasteiger partial charge in [0, 0.05) is 24.3 Å². The Morgan fingerprint density at radius 1 is 1.08 bits per heavy atom. The van der Waals surface area contributed by atoms with Crippen molar-refractivity contribution >= 4 is 40.9 Å². The molecule has 0 saturated carbocycles. The summed E-state index contributed by atoms with van der Waals surface area (Å²) in [5.74, 6) is -0.292. The first-order valence-corrected chi connectivity index (χ1v) is 9.09. The summed E-state index contributed by atoms with van der Waals surface area (Å²) in [7, 11) is 1.72. The number of rotatable bonds is 7. The maximum absolute atomic E-state index is 12.8. The van der Waals surface area contributed by atoms with E-state index in [4.69, 9.17) is 11.6 Å². The molecule has 2 amide bonds. The van der Waals surface area contributed by atoms with Gasteiger partial charge >= 0.3 is 0 Å². The second-order valence-electron chi connectivity index (χ2n) is 5.42. The molecule has 0 aliphatic carbocycles. The average Bonchev–Trinajstić information content (AvgIpc) is 2.59. The third kappa shape index (κ3) is 6.76. The SMILES string of the molecule is CN(Cc1ccc(Cl)cc1)C(=O)CSCC(=O)Nc1ccc(F)cc1. The second-order valence-corrected chi connectivity index (χ2v) is 6.85. The predicted octanol–water partition coefficient (Wildman–Crippen LogP) is 3.81. The van der Waals surface area contributed by atoms with E-state index in [1.54, 1.807) is 24.1 Å². The molecule has 0 heterocycles. The van der Waals surface area contributed by atoms with Gasteiger partial charge in [0.2, 0.25) is 11.8 Å². The van der Waals surface area contributed by atoms with Gasteiger partial charge in [-0.3, -0.25) is 9.59 Å². The second kappa shape index (κ2) is 9.44. The summed E-state index contributed by atoms with van der Waals surface area (Å²) in [5.41, 5.74) is 1.51. The Hall–Kier alpha value is -2.05. The zero-order valence-electron chi connectivity index (χ0n) is 13.7. The Kier molecular flexibility index (Phi) is 7.28. The van der Waals surface area contributed by atoms with E-state index in [0.29, 0.717) is 17.3 Å². The molecule has 1 N–H and O–H groups in total. The van der Waals surface area contributed by atoms with Crippen LogP contribution in [0.5, 0.6) is 0 Å². The molecule has 0 aliphatic rings. The molecule has 7 heteroatoms. The first-order valence-electron chi connectivity index (χ1n) is 7.55. The van der Waals surface area contributed by atoms with Gasteiger partial charge in [-0.25, -0.2) is 4.39 Å². The molecule has 0 unspecified atom stereocenters. The van der Waals surface area contributed by atoms with Gasteiger partial charge in [-0.2, -0.15) is 0 Å². The topological polar surface area (TPSA) is 49.4 Å². The number of nitrogens with one attached hydrogen (secondary N) is 1. The predicted molar refractivity (Wildman–Crippen MR) is 100 cm³/mol. The smallest absolute Gasteiger partial charge is 0.234 e. The van der Waals surface area contributed by atoms with E-state index in [1.165, 1.54) is 36.0 Å². The van der Waals surface area contributed by atoms with Crippen LogP contribution in [0.3, 0.4) is 0 Å². The maximum atomic E-state index is 12.8. The minimum atomic E-state index is -0.360. The van der Waals surface area contributed by atoms with Gasteiger partial charge in [-0.1, -0.05) is 23.7 Å². The number of amides is 2. The Bertz CT molecular complexity index is 723. The van der Waals surface area contributed by atoms with Gasteiger partial charge < -0.3 is 10.2 Å². The van der Waals surface area contributed by atoms with Crippen LogP contribution in [0.15, 0.2) is 48.5 Å². The molecule has 2 rings (SSSR count). The fourth-order valence-corrected chi connectivity index (χ4v) is 2.90. The van der Waals surface area contributed by atoms with Crippen molar-refractivity contribution < 1.29 is 14.0 Å². The number of hydrogen-bond acceptors (Lipinski definition) is 3. The van der Waals surface area contributed by atoms with Crippen molar-refractivity contribution in [2.75, 3.05) is 23.9 Å². The van der Waals surface area contributed by atoms with Crippen LogP contribution in [0.4, 0.5) is 10.1 Å². The number of halogens is 2. The quantitative estimate of drug-likeness (QED) is 0.794. The summed E-state index contributed by atoms with van der Waals surface area (Å²) in [6, 6.07) is 12.8. The third-order valence-electron chi connectivity index (χ3n) is 3.35. The number of carbonyl (C=O) groups excluding carboxylic acids is 2. The highest BCUT2D eigenvalue weighted by molar-refractivity contribution is 8.00. The number of hydrogen-bond donors (Lipinski definition) is 1. The fourth-order valence-electron chi connectivity index (χ4n) is 2.02. The van der Waals surface area contributed by atoms with Crippen LogP contribution >= 0.6 is 23.4 Å². The molecule has 0 aromatic heterocycles. The van der Waals surface area contributed by atoms with Crippen LogP contribution in [-0.4, -0.2) is 35.3 Å². The van der Waals surface area contributed by atoms with E-state index in [9.17, 15) is 14.0 Å². The Labute approximate surface area is 155 Å². The van der Waals surface area contributed by atoms with E-state index in [2.05, 4.69) is 5.32 Å². The fraction of sp³-hybridized carbons (Fsp3) is 0.222. The molecule has 0 atom stereocenters. The van der Waals surface area contributed by atoms with Crippen molar-refractivity contribution in [3.8, 4) is 0 Å². The molecule has 0 radical (unpaired) electrons. The standard InChI is InChI=1S/C18H18ClFN2O2S/c1-22(10-13-2-4-14(19)5-3-13)18(24)12-25-11-17(23)21-16-8-6-15(20)7-9-16/h2-9H,10-12H2,1H3,(H,21,23). The van der Waals surface area contributed by atoms with Crippen LogP contribution in [0.25, 0.3) is 0 Å². The molecule has 2 aromatic carbocycles. The van der Waals surface area contributed by atoms with E-state index in [0.717, 1.165) is 5.56 Å². The highest BCUT2D eigenvalue weighted by atomic mass is 35.5. The average molecular weight is 381 g/mol. The van der Waals surface area contributed by atoms with Crippen LogP contribution in [0, 0.1) is 5.82 Å². The lowest BCUT2D eigenvalue weighted by Gasteiger charge is -2.17. The molecule has 4 nitrogen and oxygen atoms in total. The van der Waals surface area contributed by atoms with E-state index in [1.807, 2.05) is 12.1 Å². The molecule has 2 aromatic rings. The normalized spacial score (nSPS) is 10.4. The lowest BCUT2D eigenvalue weighted by Crippen LogP contribution is -2.28. The van der Waals surface area contributed by atoms with Crippen molar-refractivity contribution in [2.24, 2.45) is 0 Å². The summed E-state index contributed by atoms with van der Waals surface area (Å²) in [6.07, 6.45) is 0. The highest BCUT2D eigenvalue weighted by Crippen LogP contribution is 2.12. The largest absolute Gasteiger partial charge is 0.341 e. The number of thioether (sulfide) groups is 1. The minimum absolute atomic E-state index is 0.0606. The highest BCUT2D eigenvalue weighted by Gasteiger charge is 2.11. The van der Waals surface area contributed by atoms with Crippen molar-refractivity contribution in [3.05, 3.63) is 64.9 Å². The molecule has 132 valence electrons. The van der Waals surface area contributed by atoms with Gasteiger partial charge in [0.05, 0.1) is 11.5 Å². The van der Waals surface area contributed by atoms with Gasteiger partial charge in [0.25, 0.3) is 0 Å². The Balaban J connectivity index is 1.71. The summed E-state index contributed by atoms with van der Waals surface area (Å²) < 4.78 is 12.8. The van der Waals surface area contributed by atoms with Crippen LogP contribution in [0.1, 0.15) is 5.56 Å². The molecule has 0 aliphatic heterocycles. The maximum Gasteiger partial charge on any atom is 0.234 e. The van der Waals surface area contributed by atoms with Gasteiger partial charge in [-0.05, 0) is 42.0 Å². The van der Waals surface area contributed by atoms with E-state index in [-0.39, 0.29) is 29.1 Å². The van der Waals surface area contributed by atoms with Gasteiger partial charge in [-0.15, -0.1) is 11.8 Å². The van der Waals surface area contributed by atoms with Crippen molar-refractivity contribution in [1.29, 1.82) is 0 Å². The zero-order valence-corrected chi connectivity index (χ0v) is 15.2. The number of nitrogens with zero attached hydrogens (tertiary/aromatic N) is 1. The molecular formula is C18H18ClFN2O2S. The molecular weight excluding hydrogens is 363 g/mol. The van der Waals surface area contributed by atoms with E-state index < -0.39 is 0 Å². The lowest BCUT2D eigenvalue weighted by atomic mass is 10.2. The molecule has 0 fully saturated rings.